The molecule has 2 N–H and O–H groups in total. The van der Waals surface area contributed by atoms with E-state index >= 15 is 0 Å². The van der Waals surface area contributed by atoms with Gasteiger partial charge in [0.05, 0.1) is 12.1 Å². The molecule has 0 radical (unpaired) electrons. The van der Waals surface area contributed by atoms with Gasteiger partial charge in [0.25, 0.3) is 5.91 Å². The second-order valence-electron chi connectivity index (χ2n) is 7.60. The van der Waals surface area contributed by atoms with Crippen molar-refractivity contribution in [1.82, 2.24) is 14.6 Å². The number of H-pyrrole nitrogens is 1. The largest absolute Gasteiger partial charge is 0.484 e. The number of aromatic nitrogens is 1. The van der Waals surface area contributed by atoms with Crippen LogP contribution < -0.4 is 9.46 Å². The van der Waals surface area contributed by atoms with Crippen LogP contribution in [0.4, 0.5) is 0 Å². The minimum absolute atomic E-state index is 0.0214. The fraction of sp³-hybridized carbons (Fsp3) is 0.286. The molecule has 5 rings (SSSR count). The Morgan fingerprint density at radius 3 is 2.59 bits per heavy atom. The first-order valence-corrected chi connectivity index (χ1v) is 11.1. The lowest BCUT2D eigenvalue weighted by Crippen LogP contribution is -2.54. The number of hydrogen-bond donors (Lipinski definition) is 2. The summed E-state index contributed by atoms with van der Waals surface area (Å²) in [5.41, 5.74) is 0.934. The number of hydrogen-bond acceptors (Lipinski definition) is 4. The molecule has 150 valence electrons. The van der Waals surface area contributed by atoms with Crippen molar-refractivity contribution < 1.29 is 17.9 Å². The molecule has 0 atom stereocenters. The van der Waals surface area contributed by atoms with Crippen molar-refractivity contribution in [3.05, 3.63) is 60.3 Å². The average molecular weight is 411 g/mol. The Morgan fingerprint density at radius 1 is 1.03 bits per heavy atom. The van der Waals surface area contributed by atoms with Crippen LogP contribution in [-0.2, 0) is 10.0 Å². The van der Waals surface area contributed by atoms with E-state index in [1.54, 1.807) is 30.5 Å². The molecule has 3 heterocycles. The van der Waals surface area contributed by atoms with Gasteiger partial charge in [0, 0.05) is 43.0 Å². The third-order valence-corrected chi connectivity index (χ3v) is 7.27. The Bertz CT molecular complexity index is 1190. The van der Waals surface area contributed by atoms with E-state index in [4.69, 9.17) is 4.74 Å². The second-order valence-corrected chi connectivity index (χ2v) is 9.33. The molecule has 8 heteroatoms. The maximum Gasteiger partial charge on any atom is 0.256 e. The molecule has 0 bridgehead atoms. The van der Waals surface area contributed by atoms with E-state index in [0.717, 1.165) is 10.9 Å². The van der Waals surface area contributed by atoms with Crippen LogP contribution in [0, 0.1) is 0 Å². The molecular formula is C21H21N3O4S. The van der Waals surface area contributed by atoms with Crippen molar-refractivity contribution in [3.8, 4) is 5.75 Å². The van der Waals surface area contributed by atoms with Crippen LogP contribution >= 0.6 is 0 Å². The molecule has 0 saturated carbocycles. The summed E-state index contributed by atoms with van der Waals surface area (Å²) in [6.45, 7) is 1.20. The molecule has 1 aromatic heterocycles. The van der Waals surface area contributed by atoms with E-state index in [1.165, 1.54) is 0 Å². The Kier molecular flexibility index (Phi) is 4.15. The number of nitrogens with zero attached hydrogens (tertiary/aromatic N) is 1. The van der Waals surface area contributed by atoms with E-state index in [0.29, 0.717) is 37.2 Å². The normalized spacial score (nSPS) is 20.1. The summed E-state index contributed by atoms with van der Waals surface area (Å²) in [6, 6.07) is 14.4. The van der Waals surface area contributed by atoms with Gasteiger partial charge in [-0.25, -0.2) is 13.1 Å². The van der Waals surface area contributed by atoms with Crippen molar-refractivity contribution in [2.45, 2.75) is 23.3 Å². The molecule has 2 aromatic carbocycles. The Balaban J connectivity index is 1.37. The number of amides is 1. The number of fused-ring (bicyclic) bond motifs is 2. The minimum Gasteiger partial charge on any atom is -0.484 e. The Hall–Kier alpha value is -2.84. The Labute approximate surface area is 168 Å². The molecular weight excluding hydrogens is 390 g/mol. The first-order chi connectivity index (χ1) is 14.0. The van der Waals surface area contributed by atoms with Gasteiger partial charge in [-0.05, 0) is 18.2 Å². The number of piperidine rings is 1. The van der Waals surface area contributed by atoms with Crippen LogP contribution in [0.3, 0.4) is 0 Å². The fourth-order valence-corrected chi connectivity index (χ4v) is 5.39. The molecule has 1 fully saturated rings. The number of carbonyl (C=O) groups is 1. The molecule has 29 heavy (non-hydrogen) atoms. The van der Waals surface area contributed by atoms with Gasteiger partial charge < -0.3 is 14.6 Å². The molecule has 2 aliphatic heterocycles. The van der Waals surface area contributed by atoms with Crippen LogP contribution in [0.1, 0.15) is 23.2 Å². The van der Waals surface area contributed by atoms with Gasteiger partial charge >= 0.3 is 0 Å². The summed E-state index contributed by atoms with van der Waals surface area (Å²) < 4.78 is 33.9. The van der Waals surface area contributed by atoms with Crippen molar-refractivity contribution in [2.75, 3.05) is 19.6 Å². The highest BCUT2D eigenvalue weighted by atomic mass is 32.2. The van der Waals surface area contributed by atoms with E-state index in [2.05, 4.69) is 9.71 Å². The summed E-state index contributed by atoms with van der Waals surface area (Å²) in [6.07, 6.45) is 2.86. The molecule has 1 spiro atoms. The highest BCUT2D eigenvalue weighted by Gasteiger charge is 2.42. The summed E-state index contributed by atoms with van der Waals surface area (Å²) >= 11 is 0. The minimum atomic E-state index is -3.60. The highest BCUT2D eigenvalue weighted by molar-refractivity contribution is 7.89. The summed E-state index contributed by atoms with van der Waals surface area (Å²) in [4.78, 5) is 18.2. The summed E-state index contributed by atoms with van der Waals surface area (Å²) in [5, 5.41) is 0.908. The smallest absolute Gasteiger partial charge is 0.256 e. The number of sulfonamides is 1. The standard InChI is InChI=1S/C21H21N3O4S/c25-20(16-13-22-17-6-2-1-5-15(16)17)24-11-9-21(10-12-24)14-23-29(26,27)19-8-4-3-7-18(19)28-21/h1-8,13,22-23H,9-12,14H2. The zero-order chi connectivity index (χ0) is 20.1. The molecule has 3 aromatic rings. The van der Waals surface area contributed by atoms with Crippen molar-refractivity contribution >= 4 is 26.8 Å². The van der Waals surface area contributed by atoms with Crippen molar-refractivity contribution in [3.63, 3.8) is 0 Å². The van der Waals surface area contributed by atoms with Gasteiger partial charge in [0.2, 0.25) is 10.0 Å². The molecule has 1 amide bonds. The average Bonchev–Trinajstić information content (AvgIpc) is 3.13. The summed E-state index contributed by atoms with van der Waals surface area (Å²) in [5.74, 6) is 0.348. The molecule has 2 aliphatic rings. The topological polar surface area (TPSA) is 91.5 Å². The van der Waals surface area contributed by atoms with Gasteiger partial charge in [-0.2, -0.15) is 0 Å². The SMILES string of the molecule is O=C(c1c[nH]c2ccccc12)N1CCC2(CC1)CNS(=O)(=O)c1ccccc1O2. The van der Waals surface area contributed by atoms with Crippen LogP contribution in [0.5, 0.6) is 5.75 Å². The highest BCUT2D eigenvalue weighted by Crippen LogP contribution is 2.35. The molecule has 0 aliphatic carbocycles. The van der Waals surface area contributed by atoms with Gasteiger partial charge in [-0.1, -0.05) is 30.3 Å². The quantitative estimate of drug-likeness (QED) is 0.644. The lowest BCUT2D eigenvalue weighted by molar-refractivity contribution is 0.00766. The van der Waals surface area contributed by atoms with Crippen molar-refractivity contribution in [2.24, 2.45) is 0 Å². The number of likely N-dealkylation sites (tertiary alicyclic amines) is 1. The number of para-hydroxylation sites is 2. The van der Waals surface area contributed by atoms with Gasteiger partial charge in [-0.3, -0.25) is 4.79 Å². The van der Waals surface area contributed by atoms with Gasteiger partial charge in [0.1, 0.15) is 16.2 Å². The van der Waals surface area contributed by atoms with Gasteiger partial charge in [0.15, 0.2) is 0 Å². The van der Waals surface area contributed by atoms with Crippen LogP contribution in [0.15, 0.2) is 59.6 Å². The van der Waals surface area contributed by atoms with E-state index in [-0.39, 0.29) is 17.3 Å². The first-order valence-electron chi connectivity index (χ1n) is 9.61. The zero-order valence-corrected chi connectivity index (χ0v) is 16.5. The number of nitrogens with one attached hydrogen (secondary N) is 2. The predicted octanol–water partition coefficient (Wildman–Crippen LogP) is 2.51. The van der Waals surface area contributed by atoms with Crippen LogP contribution in [0.25, 0.3) is 10.9 Å². The van der Waals surface area contributed by atoms with E-state index in [1.807, 2.05) is 29.2 Å². The van der Waals surface area contributed by atoms with E-state index in [9.17, 15) is 13.2 Å². The van der Waals surface area contributed by atoms with Crippen molar-refractivity contribution in [1.29, 1.82) is 0 Å². The molecule has 1 saturated heterocycles. The number of ether oxygens (including phenoxy) is 1. The molecule has 0 unspecified atom stereocenters. The lowest BCUT2D eigenvalue weighted by atomic mass is 9.90. The maximum atomic E-state index is 13.1. The maximum absolute atomic E-state index is 13.1. The molecule has 7 nitrogen and oxygen atoms in total. The van der Waals surface area contributed by atoms with Crippen LogP contribution in [-0.4, -0.2) is 49.4 Å². The third-order valence-electron chi connectivity index (χ3n) is 5.83. The van der Waals surface area contributed by atoms with Crippen LogP contribution in [0.2, 0.25) is 0 Å². The number of aromatic amines is 1. The number of carbonyl (C=O) groups excluding carboxylic acids is 1. The summed E-state index contributed by atoms with van der Waals surface area (Å²) in [7, 11) is -3.60. The first kappa shape index (κ1) is 18.2. The second kappa shape index (κ2) is 6.60. The monoisotopic (exact) mass is 411 g/mol. The number of benzene rings is 2. The van der Waals surface area contributed by atoms with E-state index < -0.39 is 15.6 Å². The third kappa shape index (κ3) is 3.08. The van der Waals surface area contributed by atoms with Gasteiger partial charge in [-0.15, -0.1) is 0 Å². The number of rotatable bonds is 1. The zero-order valence-electron chi connectivity index (χ0n) is 15.7. The lowest BCUT2D eigenvalue weighted by Gasteiger charge is -2.40. The Morgan fingerprint density at radius 2 is 1.76 bits per heavy atom. The fourth-order valence-electron chi connectivity index (χ4n) is 4.15. The predicted molar refractivity (Wildman–Crippen MR) is 108 cm³/mol.